The highest BCUT2D eigenvalue weighted by Crippen LogP contribution is 2.32. The van der Waals surface area contributed by atoms with Crippen molar-refractivity contribution in [2.75, 3.05) is 0 Å². The lowest BCUT2D eigenvalue weighted by Crippen LogP contribution is -1.97. The first-order valence-corrected chi connectivity index (χ1v) is 6.01. The third kappa shape index (κ3) is 2.86. The van der Waals surface area contributed by atoms with Gasteiger partial charge in [-0.15, -0.1) is 0 Å². The zero-order valence-corrected chi connectivity index (χ0v) is 10.9. The van der Waals surface area contributed by atoms with Gasteiger partial charge in [0.25, 0.3) is 0 Å². The van der Waals surface area contributed by atoms with E-state index in [0.717, 1.165) is 23.8 Å². The zero-order valence-electron chi connectivity index (χ0n) is 9.29. The van der Waals surface area contributed by atoms with Crippen molar-refractivity contribution in [1.29, 1.82) is 0 Å². The summed E-state index contributed by atoms with van der Waals surface area (Å²) in [5, 5.41) is 0. The van der Waals surface area contributed by atoms with Gasteiger partial charge in [-0.3, -0.25) is 0 Å². The Labute approximate surface area is 112 Å². The summed E-state index contributed by atoms with van der Waals surface area (Å²) in [6.07, 6.45) is 0. The van der Waals surface area contributed by atoms with Crippen molar-refractivity contribution in [3.8, 4) is 11.5 Å². The molecule has 0 atom stereocenters. The van der Waals surface area contributed by atoms with Crippen LogP contribution < -0.4 is 10.5 Å². The summed E-state index contributed by atoms with van der Waals surface area (Å²) in [5.41, 5.74) is 6.41. The molecule has 0 unspecified atom stereocenters. The fraction of sp³-hybridized carbons (Fsp3) is 0.0769. The molecule has 0 bridgehead atoms. The van der Waals surface area contributed by atoms with Crippen LogP contribution in [-0.4, -0.2) is 0 Å². The number of benzene rings is 2. The van der Waals surface area contributed by atoms with Gasteiger partial charge < -0.3 is 10.5 Å². The Morgan fingerprint density at radius 1 is 1.06 bits per heavy atom. The molecule has 0 aliphatic carbocycles. The van der Waals surface area contributed by atoms with Crippen LogP contribution in [0.1, 0.15) is 5.56 Å². The largest absolute Gasteiger partial charge is 0.453 e. The van der Waals surface area contributed by atoms with Crippen LogP contribution in [0, 0.1) is 11.6 Å². The van der Waals surface area contributed by atoms with E-state index >= 15 is 0 Å². The maximum absolute atomic E-state index is 13.4. The van der Waals surface area contributed by atoms with Crippen LogP contribution in [0.15, 0.2) is 40.9 Å². The fourth-order valence-corrected chi connectivity index (χ4v) is 1.94. The van der Waals surface area contributed by atoms with E-state index in [1.807, 2.05) is 0 Å². The molecule has 18 heavy (non-hydrogen) atoms. The van der Waals surface area contributed by atoms with E-state index in [1.165, 1.54) is 0 Å². The summed E-state index contributed by atoms with van der Waals surface area (Å²) < 4.78 is 32.4. The second kappa shape index (κ2) is 5.46. The summed E-state index contributed by atoms with van der Waals surface area (Å²) >= 11 is 3.29. The quantitative estimate of drug-likeness (QED) is 0.930. The monoisotopic (exact) mass is 313 g/mol. The Morgan fingerprint density at radius 3 is 2.50 bits per heavy atom. The van der Waals surface area contributed by atoms with Gasteiger partial charge in [0.1, 0.15) is 11.6 Å². The topological polar surface area (TPSA) is 35.2 Å². The third-order valence-electron chi connectivity index (χ3n) is 2.35. The second-order valence-corrected chi connectivity index (χ2v) is 4.50. The minimum absolute atomic E-state index is 0.156. The molecule has 0 heterocycles. The van der Waals surface area contributed by atoms with Gasteiger partial charge in [0.15, 0.2) is 11.6 Å². The summed E-state index contributed by atoms with van der Waals surface area (Å²) in [4.78, 5) is 0. The number of rotatable bonds is 3. The average molecular weight is 314 g/mol. The van der Waals surface area contributed by atoms with Gasteiger partial charge in [-0.25, -0.2) is 8.78 Å². The van der Waals surface area contributed by atoms with Crippen LogP contribution in [0.3, 0.4) is 0 Å². The van der Waals surface area contributed by atoms with Gasteiger partial charge in [-0.1, -0.05) is 6.07 Å². The number of halogens is 3. The van der Waals surface area contributed by atoms with E-state index in [0.29, 0.717) is 16.8 Å². The Kier molecular flexibility index (Phi) is 3.93. The van der Waals surface area contributed by atoms with Crippen molar-refractivity contribution in [1.82, 2.24) is 0 Å². The van der Waals surface area contributed by atoms with Crippen LogP contribution >= 0.6 is 15.9 Å². The fourth-order valence-electron chi connectivity index (χ4n) is 1.43. The molecule has 0 radical (unpaired) electrons. The van der Waals surface area contributed by atoms with Gasteiger partial charge in [0, 0.05) is 12.6 Å². The molecule has 5 heteroatoms. The van der Waals surface area contributed by atoms with E-state index in [1.54, 1.807) is 18.2 Å². The third-order valence-corrected chi connectivity index (χ3v) is 2.96. The summed E-state index contributed by atoms with van der Waals surface area (Å²) in [7, 11) is 0. The van der Waals surface area contributed by atoms with E-state index in [4.69, 9.17) is 10.5 Å². The van der Waals surface area contributed by atoms with Crippen molar-refractivity contribution in [3.63, 3.8) is 0 Å². The van der Waals surface area contributed by atoms with Crippen LogP contribution in [0.4, 0.5) is 8.78 Å². The summed E-state index contributed by atoms with van der Waals surface area (Å²) in [5.74, 6) is -0.930. The van der Waals surface area contributed by atoms with Crippen molar-refractivity contribution in [2.24, 2.45) is 5.73 Å². The van der Waals surface area contributed by atoms with Gasteiger partial charge in [0.05, 0.1) is 4.47 Å². The summed E-state index contributed by atoms with van der Waals surface area (Å²) in [6.45, 7) is 0.396. The molecule has 0 aliphatic heterocycles. The molecular weight excluding hydrogens is 304 g/mol. The van der Waals surface area contributed by atoms with Crippen molar-refractivity contribution in [2.45, 2.75) is 6.54 Å². The average Bonchev–Trinajstić information content (AvgIpc) is 2.36. The highest BCUT2D eigenvalue weighted by atomic mass is 79.9. The highest BCUT2D eigenvalue weighted by Gasteiger charge is 2.09. The first kappa shape index (κ1) is 13.0. The smallest absolute Gasteiger partial charge is 0.166 e. The van der Waals surface area contributed by atoms with Crippen molar-refractivity contribution in [3.05, 3.63) is 58.1 Å². The van der Waals surface area contributed by atoms with Crippen LogP contribution in [0.2, 0.25) is 0 Å². The Morgan fingerprint density at radius 2 is 1.83 bits per heavy atom. The number of hydrogen-bond acceptors (Lipinski definition) is 2. The molecule has 2 aromatic rings. The normalized spacial score (nSPS) is 10.4. The van der Waals surface area contributed by atoms with Gasteiger partial charge in [-0.2, -0.15) is 0 Å². The van der Waals surface area contributed by atoms with Gasteiger partial charge >= 0.3 is 0 Å². The van der Waals surface area contributed by atoms with Crippen LogP contribution in [-0.2, 0) is 6.54 Å². The van der Waals surface area contributed by atoms with Gasteiger partial charge in [-0.05, 0) is 45.8 Å². The van der Waals surface area contributed by atoms with E-state index in [9.17, 15) is 8.78 Å². The van der Waals surface area contributed by atoms with Crippen molar-refractivity contribution >= 4 is 15.9 Å². The second-order valence-electron chi connectivity index (χ2n) is 3.65. The predicted octanol–water partition coefficient (Wildman–Crippen LogP) is 3.98. The van der Waals surface area contributed by atoms with Gasteiger partial charge in [0.2, 0.25) is 0 Å². The van der Waals surface area contributed by atoms with E-state index < -0.39 is 11.6 Å². The number of nitrogens with two attached hydrogens (primary N) is 1. The Balaban J connectivity index is 2.31. The highest BCUT2D eigenvalue weighted by molar-refractivity contribution is 9.10. The molecule has 0 aromatic heterocycles. The SMILES string of the molecule is NCc1ccc(Oc2cc(F)ccc2F)c(Br)c1. The molecule has 0 aliphatic rings. The molecule has 2 N–H and O–H groups in total. The maximum Gasteiger partial charge on any atom is 0.166 e. The molecular formula is C13H10BrF2NO. The van der Waals surface area contributed by atoms with Crippen molar-refractivity contribution < 1.29 is 13.5 Å². The Bertz CT molecular complexity index is 575. The lowest BCUT2D eigenvalue weighted by atomic mass is 10.2. The lowest BCUT2D eigenvalue weighted by molar-refractivity contribution is 0.434. The minimum Gasteiger partial charge on any atom is -0.453 e. The molecule has 94 valence electrons. The molecule has 0 fully saturated rings. The number of ether oxygens (including phenoxy) is 1. The molecule has 0 spiro atoms. The zero-order chi connectivity index (χ0) is 13.1. The molecule has 2 rings (SSSR count). The Hall–Kier alpha value is -1.46. The number of hydrogen-bond donors (Lipinski definition) is 1. The van der Waals surface area contributed by atoms with E-state index in [2.05, 4.69) is 15.9 Å². The van der Waals surface area contributed by atoms with E-state index in [-0.39, 0.29) is 5.75 Å². The first-order valence-electron chi connectivity index (χ1n) is 5.21. The molecule has 0 saturated heterocycles. The van der Waals surface area contributed by atoms with Crippen LogP contribution in [0.25, 0.3) is 0 Å². The van der Waals surface area contributed by atoms with Crippen LogP contribution in [0.5, 0.6) is 11.5 Å². The first-order chi connectivity index (χ1) is 8.60. The maximum atomic E-state index is 13.4. The standard InChI is InChI=1S/C13H10BrF2NO/c14-10-5-8(7-17)1-4-12(10)18-13-6-9(15)2-3-11(13)16/h1-6H,7,17H2. The molecule has 0 saturated carbocycles. The summed E-state index contributed by atoms with van der Waals surface area (Å²) in [6, 6.07) is 8.24. The minimum atomic E-state index is -0.619. The molecule has 2 aromatic carbocycles. The predicted molar refractivity (Wildman–Crippen MR) is 68.5 cm³/mol. The lowest BCUT2D eigenvalue weighted by Gasteiger charge is -2.09. The molecule has 2 nitrogen and oxygen atoms in total. The molecule has 0 amide bonds.